The van der Waals surface area contributed by atoms with Crippen molar-refractivity contribution in [3.05, 3.63) is 42.2 Å². The second kappa shape index (κ2) is 8.41. The molecule has 0 fully saturated rings. The molecular formula is C17H23FN2O5S. The maximum Gasteiger partial charge on any atom is 0.328 e. The molecule has 1 aromatic rings. The van der Waals surface area contributed by atoms with Crippen LogP contribution in [0.1, 0.15) is 31.1 Å². The number of hydrogen-bond acceptors (Lipinski definition) is 5. The minimum Gasteiger partial charge on any atom is -0.467 e. The Kier molecular flexibility index (Phi) is 7.05. The summed E-state index contributed by atoms with van der Waals surface area (Å²) in [6, 6.07) is 1.95. The first-order chi connectivity index (χ1) is 11.9. The third kappa shape index (κ3) is 5.37. The highest BCUT2D eigenvalue weighted by molar-refractivity contribution is 7.89. The smallest absolute Gasteiger partial charge is 0.328 e. The largest absolute Gasteiger partial charge is 0.467 e. The highest BCUT2D eigenvalue weighted by Crippen LogP contribution is 2.22. The number of methoxy groups -OCH3 is 1. The molecule has 0 saturated heterocycles. The fraction of sp³-hybridized carbons (Fsp3) is 0.412. The van der Waals surface area contributed by atoms with Crippen molar-refractivity contribution < 1.29 is 27.1 Å². The molecule has 1 aromatic carbocycles. The molecule has 0 aromatic heterocycles. The summed E-state index contributed by atoms with van der Waals surface area (Å²) in [5, 5.41) is 2.50. The van der Waals surface area contributed by atoms with Crippen LogP contribution in [0.2, 0.25) is 0 Å². The van der Waals surface area contributed by atoms with Gasteiger partial charge in [0.1, 0.15) is 16.8 Å². The van der Waals surface area contributed by atoms with Gasteiger partial charge in [0.05, 0.1) is 7.11 Å². The number of carbonyl (C=O) groups excluding carboxylic acids is 2. The summed E-state index contributed by atoms with van der Waals surface area (Å²) in [6.45, 7) is 8.48. The van der Waals surface area contributed by atoms with Gasteiger partial charge in [-0.3, -0.25) is 4.79 Å². The monoisotopic (exact) mass is 386 g/mol. The van der Waals surface area contributed by atoms with E-state index in [9.17, 15) is 22.4 Å². The molecule has 7 nitrogen and oxygen atoms in total. The van der Waals surface area contributed by atoms with Crippen LogP contribution in [0.4, 0.5) is 4.39 Å². The van der Waals surface area contributed by atoms with Gasteiger partial charge in [-0.05, 0) is 23.6 Å². The topological polar surface area (TPSA) is 102 Å². The lowest BCUT2D eigenvalue weighted by molar-refractivity contribution is -0.145. The fourth-order valence-corrected chi connectivity index (χ4v) is 3.16. The highest BCUT2D eigenvalue weighted by atomic mass is 32.2. The van der Waals surface area contributed by atoms with E-state index in [4.69, 9.17) is 0 Å². The third-order valence-corrected chi connectivity index (χ3v) is 4.92. The lowest BCUT2D eigenvalue weighted by Gasteiger charge is -2.29. The summed E-state index contributed by atoms with van der Waals surface area (Å²) in [5.74, 6) is -2.37. The van der Waals surface area contributed by atoms with Crippen LogP contribution in [-0.2, 0) is 19.6 Å². The standard InChI is InChI=1S/C17H23FN2O5S/c1-6-9-19-26(23,24)13-10-11(7-8-12(13)18)15(21)20-14(16(22)25-5)17(2,3)4/h6-8,10,14,19H,1,9H2,2-5H3,(H,20,21). The van der Waals surface area contributed by atoms with Gasteiger partial charge >= 0.3 is 5.97 Å². The van der Waals surface area contributed by atoms with E-state index in [2.05, 4.69) is 21.4 Å². The maximum absolute atomic E-state index is 13.9. The predicted octanol–water partition coefficient (Wildman–Crippen LogP) is 1.61. The normalized spacial score (nSPS) is 13.0. The van der Waals surface area contributed by atoms with E-state index in [1.54, 1.807) is 20.8 Å². The van der Waals surface area contributed by atoms with Crippen molar-refractivity contribution in [1.29, 1.82) is 0 Å². The Balaban J connectivity index is 3.20. The van der Waals surface area contributed by atoms with Crippen molar-refractivity contribution in [1.82, 2.24) is 10.0 Å². The third-order valence-electron chi connectivity index (χ3n) is 3.48. The molecule has 1 atom stereocenters. The number of hydrogen-bond donors (Lipinski definition) is 2. The number of halogens is 1. The van der Waals surface area contributed by atoms with Gasteiger partial charge < -0.3 is 10.1 Å². The summed E-state index contributed by atoms with van der Waals surface area (Å²) in [4.78, 5) is 23.7. The van der Waals surface area contributed by atoms with Crippen LogP contribution in [0.25, 0.3) is 0 Å². The maximum atomic E-state index is 13.9. The Morgan fingerprint density at radius 1 is 1.35 bits per heavy atom. The molecule has 0 bridgehead atoms. The van der Waals surface area contributed by atoms with E-state index in [-0.39, 0.29) is 12.1 Å². The van der Waals surface area contributed by atoms with E-state index < -0.39 is 44.1 Å². The van der Waals surface area contributed by atoms with E-state index in [1.807, 2.05) is 0 Å². The first-order valence-electron chi connectivity index (χ1n) is 7.73. The summed E-state index contributed by atoms with van der Waals surface area (Å²) in [7, 11) is -2.96. The van der Waals surface area contributed by atoms with Gasteiger partial charge in [0.25, 0.3) is 5.91 Å². The fourth-order valence-electron chi connectivity index (χ4n) is 2.06. The SMILES string of the molecule is C=CCNS(=O)(=O)c1cc(C(=O)NC(C(=O)OC)C(C)(C)C)ccc1F. The number of rotatable bonds is 7. The number of ether oxygens (including phenoxy) is 1. The van der Waals surface area contributed by atoms with Gasteiger partial charge in [0.15, 0.2) is 0 Å². The number of nitrogens with one attached hydrogen (secondary N) is 2. The van der Waals surface area contributed by atoms with Crippen LogP contribution in [-0.4, -0.2) is 40.0 Å². The van der Waals surface area contributed by atoms with Crippen molar-refractivity contribution in [2.45, 2.75) is 31.7 Å². The quantitative estimate of drug-likeness (QED) is 0.548. The van der Waals surface area contributed by atoms with E-state index >= 15 is 0 Å². The van der Waals surface area contributed by atoms with Crippen LogP contribution in [0.3, 0.4) is 0 Å². The molecule has 1 rings (SSSR count). The molecule has 0 aliphatic carbocycles. The van der Waals surface area contributed by atoms with Gasteiger partial charge in [-0.25, -0.2) is 22.3 Å². The molecule has 26 heavy (non-hydrogen) atoms. The summed E-state index contributed by atoms with van der Waals surface area (Å²) in [6.07, 6.45) is 1.30. The van der Waals surface area contributed by atoms with Crippen molar-refractivity contribution in [3.63, 3.8) is 0 Å². The van der Waals surface area contributed by atoms with Crippen molar-refractivity contribution in [3.8, 4) is 0 Å². The van der Waals surface area contributed by atoms with Gasteiger partial charge in [0, 0.05) is 12.1 Å². The minimum atomic E-state index is -4.15. The molecule has 0 spiro atoms. The molecule has 2 N–H and O–H groups in total. The molecule has 0 aliphatic heterocycles. The zero-order valence-electron chi connectivity index (χ0n) is 15.1. The van der Waals surface area contributed by atoms with Crippen molar-refractivity contribution in [2.75, 3.05) is 13.7 Å². The highest BCUT2D eigenvalue weighted by Gasteiger charge is 2.34. The van der Waals surface area contributed by atoms with Gasteiger partial charge in [-0.15, -0.1) is 6.58 Å². The van der Waals surface area contributed by atoms with Crippen LogP contribution < -0.4 is 10.0 Å². The Bertz CT molecular complexity index is 800. The molecule has 9 heteroatoms. The summed E-state index contributed by atoms with van der Waals surface area (Å²) >= 11 is 0. The second-order valence-corrected chi connectivity index (χ2v) is 8.32. The van der Waals surface area contributed by atoms with Crippen LogP contribution in [0, 0.1) is 11.2 Å². The lowest BCUT2D eigenvalue weighted by Crippen LogP contribution is -2.49. The number of sulfonamides is 1. The Labute approximate surface area is 152 Å². The van der Waals surface area contributed by atoms with Gasteiger partial charge in [-0.1, -0.05) is 26.8 Å². The van der Waals surface area contributed by atoms with Crippen LogP contribution in [0.5, 0.6) is 0 Å². The Hall–Kier alpha value is -2.26. The zero-order valence-corrected chi connectivity index (χ0v) is 15.9. The molecule has 0 heterocycles. The molecule has 0 aliphatic rings. The molecule has 1 unspecified atom stereocenters. The molecular weight excluding hydrogens is 363 g/mol. The van der Waals surface area contributed by atoms with E-state index in [0.29, 0.717) is 0 Å². The molecule has 1 amide bonds. The number of carbonyl (C=O) groups is 2. The lowest BCUT2D eigenvalue weighted by atomic mass is 9.86. The molecule has 0 saturated carbocycles. The predicted molar refractivity (Wildman–Crippen MR) is 94.5 cm³/mol. The molecule has 144 valence electrons. The van der Waals surface area contributed by atoms with Crippen LogP contribution in [0.15, 0.2) is 35.7 Å². The Morgan fingerprint density at radius 3 is 2.46 bits per heavy atom. The van der Waals surface area contributed by atoms with Crippen molar-refractivity contribution in [2.24, 2.45) is 5.41 Å². The molecule has 0 radical (unpaired) electrons. The number of esters is 1. The minimum absolute atomic E-state index is 0.0906. The number of amides is 1. The van der Waals surface area contributed by atoms with Crippen molar-refractivity contribution >= 4 is 21.9 Å². The first-order valence-corrected chi connectivity index (χ1v) is 9.21. The van der Waals surface area contributed by atoms with Gasteiger partial charge in [0.2, 0.25) is 10.0 Å². The Morgan fingerprint density at radius 2 is 1.96 bits per heavy atom. The summed E-state index contributed by atoms with van der Waals surface area (Å²) in [5.41, 5.74) is -0.757. The van der Waals surface area contributed by atoms with Crippen LogP contribution >= 0.6 is 0 Å². The first kappa shape index (κ1) is 21.8. The number of benzene rings is 1. The average molecular weight is 386 g/mol. The second-order valence-electron chi connectivity index (χ2n) is 6.58. The van der Waals surface area contributed by atoms with E-state index in [1.165, 1.54) is 13.2 Å². The average Bonchev–Trinajstić information content (AvgIpc) is 2.56. The zero-order chi connectivity index (χ0) is 20.1. The van der Waals surface area contributed by atoms with Gasteiger partial charge in [-0.2, -0.15) is 0 Å². The summed E-state index contributed by atoms with van der Waals surface area (Å²) < 4.78 is 45.0. The van der Waals surface area contributed by atoms with E-state index in [0.717, 1.165) is 18.2 Å².